The van der Waals surface area contributed by atoms with Crippen molar-refractivity contribution in [1.82, 2.24) is 9.88 Å². The maximum Gasteiger partial charge on any atom is 0.250 e. The number of nitrogens with zero attached hydrogens (tertiary/aromatic N) is 2. The van der Waals surface area contributed by atoms with Crippen LogP contribution in [0.1, 0.15) is 15.9 Å². The number of para-hydroxylation sites is 1. The SMILES string of the molecule is NC(=O)c1ccc(Oc2ccc(CN3CC(Oc4ccccc4)C3)c3ccccc23)nc1. The highest BCUT2D eigenvalue weighted by Gasteiger charge is 2.28. The summed E-state index contributed by atoms with van der Waals surface area (Å²) >= 11 is 0. The van der Waals surface area contributed by atoms with Crippen LogP contribution in [0.25, 0.3) is 10.8 Å². The zero-order valence-corrected chi connectivity index (χ0v) is 17.5. The van der Waals surface area contributed by atoms with Crippen LogP contribution in [0.15, 0.2) is 85.1 Å². The van der Waals surface area contributed by atoms with Gasteiger partial charge in [0.1, 0.15) is 17.6 Å². The van der Waals surface area contributed by atoms with Crippen molar-refractivity contribution in [2.24, 2.45) is 5.73 Å². The Bertz CT molecular complexity index is 1240. The highest BCUT2D eigenvalue weighted by Crippen LogP contribution is 2.33. The van der Waals surface area contributed by atoms with Crippen molar-refractivity contribution in [2.75, 3.05) is 13.1 Å². The topological polar surface area (TPSA) is 77.7 Å². The monoisotopic (exact) mass is 425 g/mol. The molecule has 1 saturated heterocycles. The van der Waals surface area contributed by atoms with Gasteiger partial charge in [0.05, 0.1) is 5.56 Å². The van der Waals surface area contributed by atoms with Gasteiger partial charge in [-0.05, 0) is 35.2 Å². The van der Waals surface area contributed by atoms with E-state index in [0.29, 0.717) is 11.4 Å². The summed E-state index contributed by atoms with van der Waals surface area (Å²) in [5, 5.41) is 2.16. The first-order chi connectivity index (χ1) is 15.7. The van der Waals surface area contributed by atoms with Gasteiger partial charge in [-0.2, -0.15) is 0 Å². The average molecular weight is 425 g/mol. The highest BCUT2D eigenvalue weighted by molar-refractivity contribution is 5.92. The molecule has 2 N–H and O–H groups in total. The molecule has 6 nitrogen and oxygen atoms in total. The number of likely N-dealkylation sites (tertiary alicyclic amines) is 1. The Morgan fingerprint density at radius 2 is 1.69 bits per heavy atom. The van der Waals surface area contributed by atoms with Gasteiger partial charge in [0.25, 0.3) is 0 Å². The van der Waals surface area contributed by atoms with Crippen LogP contribution in [0, 0.1) is 0 Å². The summed E-state index contributed by atoms with van der Waals surface area (Å²) in [5.41, 5.74) is 6.87. The van der Waals surface area contributed by atoms with E-state index in [9.17, 15) is 4.79 Å². The lowest BCUT2D eigenvalue weighted by atomic mass is 10.0. The van der Waals surface area contributed by atoms with Crippen LogP contribution >= 0.6 is 0 Å². The number of amides is 1. The Balaban J connectivity index is 1.29. The van der Waals surface area contributed by atoms with Crippen molar-refractivity contribution in [3.8, 4) is 17.4 Å². The van der Waals surface area contributed by atoms with Crippen LogP contribution in [-0.2, 0) is 6.54 Å². The van der Waals surface area contributed by atoms with Crippen molar-refractivity contribution in [3.63, 3.8) is 0 Å². The largest absolute Gasteiger partial charge is 0.488 e. The van der Waals surface area contributed by atoms with Crippen molar-refractivity contribution in [1.29, 1.82) is 0 Å². The number of hydrogen-bond acceptors (Lipinski definition) is 5. The van der Waals surface area contributed by atoms with Gasteiger partial charge < -0.3 is 15.2 Å². The van der Waals surface area contributed by atoms with Gasteiger partial charge in [0.2, 0.25) is 11.8 Å². The molecule has 0 spiro atoms. The smallest absolute Gasteiger partial charge is 0.250 e. The summed E-state index contributed by atoms with van der Waals surface area (Å²) in [6.07, 6.45) is 1.65. The lowest BCUT2D eigenvalue weighted by Crippen LogP contribution is -2.53. The fraction of sp³-hybridized carbons (Fsp3) is 0.154. The summed E-state index contributed by atoms with van der Waals surface area (Å²) in [4.78, 5) is 17.8. The second-order valence-corrected chi connectivity index (χ2v) is 7.87. The summed E-state index contributed by atoms with van der Waals surface area (Å²) in [6, 6.07) is 25.5. The molecule has 1 aliphatic rings. The third-order valence-electron chi connectivity index (χ3n) is 5.57. The van der Waals surface area contributed by atoms with E-state index in [4.69, 9.17) is 15.2 Å². The Labute approximate surface area is 186 Å². The van der Waals surface area contributed by atoms with Crippen molar-refractivity contribution in [2.45, 2.75) is 12.6 Å². The maximum absolute atomic E-state index is 11.2. The number of nitrogens with two attached hydrogens (primary N) is 1. The van der Waals surface area contributed by atoms with E-state index in [1.807, 2.05) is 54.6 Å². The Kier molecular flexibility index (Phi) is 5.44. The van der Waals surface area contributed by atoms with Crippen molar-refractivity contribution in [3.05, 3.63) is 96.2 Å². The summed E-state index contributed by atoms with van der Waals surface area (Å²) in [7, 11) is 0. The summed E-state index contributed by atoms with van der Waals surface area (Å²) in [5.74, 6) is 1.54. The van der Waals surface area contributed by atoms with E-state index >= 15 is 0 Å². The number of benzene rings is 3. The number of fused-ring (bicyclic) bond motifs is 1. The van der Waals surface area contributed by atoms with Crippen LogP contribution in [-0.4, -0.2) is 35.0 Å². The van der Waals surface area contributed by atoms with E-state index < -0.39 is 5.91 Å². The van der Waals surface area contributed by atoms with Crippen LogP contribution in [0.4, 0.5) is 0 Å². The molecule has 4 aromatic rings. The van der Waals surface area contributed by atoms with Gasteiger partial charge >= 0.3 is 0 Å². The van der Waals surface area contributed by atoms with E-state index in [1.165, 1.54) is 11.8 Å². The molecule has 6 heteroatoms. The minimum absolute atomic E-state index is 0.223. The molecule has 0 radical (unpaired) electrons. The fourth-order valence-electron chi connectivity index (χ4n) is 3.92. The molecule has 0 atom stereocenters. The van der Waals surface area contributed by atoms with E-state index in [1.54, 1.807) is 12.1 Å². The minimum Gasteiger partial charge on any atom is -0.488 e. The molecule has 1 aromatic heterocycles. The molecular weight excluding hydrogens is 402 g/mol. The molecule has 1 fully saturated rings. The molecule has 0 unspecified atom stereocenters. The highest BCUT2D eigenvalue weighted by atomic mass is 16.5. The number of aromatic nitrogens is 1. The van der Waals surface area contributed by atoms with Gasteiger partial charge in [-0.15, -0.1) is 0 Å². The molecule has 0 bridgehead atoms. The maximum atomic E-state index is 11.2. The van der Waals surface area contributed by atoms with Crippen LogP contribution in [0.2, 0.25) is 0 Å². The minimum atomic E-state index is -0.513. The Morgan fingerprint density at radius 1 is 0.938 bits per heavy atom. The van der Waals surface area contributed by atoms with Gasteiger partial charge in [0, 0.05) is 37.3 Å². The zero-order chi connectivity index (χ0) is 21.9. The average Bonchev–Trinajstić information content (AvgIpc) is 2.80. The molecular formula is C26H23N3O3. The molecule has 2 heterocycles. The second-order valence-electron chi connectivity index (χ2n) is 7.87. The first kappa shape index (κ1) is 20.0. The first-order valence-corrected chi connectivity index (χ1v) is 10.5. The molecule has 0 saturated carbocycles. The predicted octanol–water partition coefficient (Wildman–Crippen LogP) is 4.39. The number of pyridine rings is 1. The third-order valence-corrected chi connectivity index (χ3v) is 5.57. The molecule has 1 aliphatic heterocycles. The quantitative estimate of drug-likeness (QED) is 0.475. The van der Waals surface area contributed by atoms with Gasteiger partial charge in [0.15, 0.2) is 0 Å². The zero-order valence-electron chi connectivity index (χ0n) is 17.5. The summed E-state index contributed by atoms with van der Waals surface area (Å²) in [6.45, 7) is 2.65. The lowest BCUT2D eigenvalue weighted by molar-refractivity contribution is 0.0148. The van der Waals surface area contributed by atoms with Crippen molar-refractivity contribution >= 4 is 16.7 Å². The number of primary amides is 1. The molecule has 1 amide bonds. The number of rotatable bonds is 7. The Hall–Kier alpha value is -3.90. The number of carbonyl (C=O) groups is 1. The number of hydrogen-bond donors (Lipinski definition) is 1. The second kappa shape index (κ2) is 8.69. The number of carbonyl (C=O) groups excluding carboxylic acids is 1. The van der Waals surface area contributed by atoms with Crippen molar-refractivity contribution < 1.29 is 14.3 Å². The first-order valence-electron chi connectivity index (χ1n) is 10.5. The molecule has 0 aliphatic carbocycles. The van der Waals surface area contributed by atoms with E-state index in [0.717, 1.165) is 41.9 Å². The van der Waals surface area contributed by atoms with Gasteiger partial charge in [-0.25, -0.2) is 4.98 Å². The number of ether oxygens (including phenoxy) is 2. The van der Waals surface area contributed by atoms with Crippen LogP contribution < -0.4 is 15.2 Å². The normalized spacial score (nSPS) is 14.1. The van der Waals surface area contributed by atoms with Crippen LogP contribution in [0.5, 0.6) is 17.4 Å². The Morgan fingerprint density at radius 3 is 2.41 bits per heavy atom. The fourth-order valence-corrected chi connectivity index (χ4v) is 3.92. The predicted molar refractivity (Wildman–Crippen MR) is 123 cm³/mol. The lowest BCUT2D eigenvalue weighted by Gasteiger charge is -2.39. The van der Waals surface area contributed by atoms with E-state index in [2.05, 4.69) is 22.0 Å². The standard InChI is InChI=1S/C26H23N3O3/c27-26(30)18-11-13-25(28-14-18)32-24-12-10-19(22-8-4-5-9-23(22)24)15-29-16-21(17-29)31-20-6-2-1-3-7-20/h1-14,21H,15-17H2,(H2,27,30). The van der Waals surface area contributed by atoms with E-state index in [-0.39, 0.29) is 6.10 Å². The molecule has 32 heavy (non-hydrogen) atoms. The van der Waals surface area contributed by atoms with Gasteiger partial charge in [-0.3, -0.25) is 9.69 Å². The third kappa shape index (κ3) is 4.26. The van der Waals surface area contributed by atoms with Gasteiger partial charge in [-0.1, -0.05) is 48.5 Å². The summed E-state index contributed by atoms with van der Waals surface area (Å²) < 4.78 is 12.0. The molecule has 160 valence electrons. The van der Waals surface area contributed by atoms with Crippen LogP contribution in [0.3, 0.4) is 0 Å². The molecule has 5 rings (SSSR count). The molecule has 3 aromatic carbocycles.